The highest BCUT2D eigenvalue weighted by molar-refractivity contribution is 8.14. The van der Waals surface area contributed by atoms with E-state index in [1.807, 2.05) is 6.92 Å². The monoisotopic (exact) mass is 345 g/mol. The summed E-state index contributed by atoms with van der Waals surface area (Å²) >= 11 is 1.80. The molecule has 1 aliphatic heterocycles. The molecule has 6 heteroatoms. The summed E-state index contributed by atoms with van der Waals surface area (Å²) in [6.07, 6.45) is 4.98. The molecule has 0 bridgehead atoms. The number of aryl methyl sites for hydroxylation is 1. The molecule has 0 radical (unpaired) electrons. The number of hydrogen-bond acceptors (Lipinski definition) is 4. The number of nitro groups is 1. The van der Waals surface area contributed by atoms with E-state index in [2.05, 4.69) is 18.4 Å². The van der Waals surface area contributed by atoms with Crippen LogP contribution >= 0.6 is 11.8 Å². The fourth-order valence-corrected chi connectivity index (χ4v) is 5.00. The van der Waals surface area contributed by atoms with Crippen molar-refractivity contribution in [2.45, 2.75) is 45.1 Å². The molecule has 1 heterocycles. The van der Waals surface area contributed by atoms with Gasteiger partial charge in [0.25, 0.3) is 5.69 Å². The lowest BCUT2D eigenvalue weighted by molar-refractivity contribution is -0.384. The van der Waals surface area contributed by atoms with Gasteiger partial charge in [0.2, 0.25) is 0 Å². The molecule has 0 unspecified atom stereocenters. The third-order valence-corrected chi connectivity index (χ3v) is 6.09. The van der Waals surface area contributed by atoms with Crippen LogP contribution in [0, 0.1) is 17.0 Å². The predicted molar refractivity (Wildman–Crippen MR) is 100 cm³/mol. The van der Waals surface area contributed by atoms with Crippen molar-refractivity contribution < 1.29 is 4.92 Å². The molecule has 1 aromatic rings. The molecule has 0 amide bonds. The summed E-state index contributed by atoms with van der Waals surface area (Å²) in [5.41, 5.74) is 3.11. The third-order valence-electron chi connectivity index (χ3n) is 4.84. The molecule has 2 fully saturated rings. The zero-order valence-corrected chi connectivity index (χ0v) is 15.1. The zero-order valence-electron chi connectivity index (χ0n) is 14.2. The van der Waals surface area contributed by atoms with Crippen molar-refractivity contribution >= 4 is 28.3 Å². The van der Waals surface area contributed by atoms with Crippen LogP contribution in [0.15, 0.2) is 35.3 Å². The summed E-state index contributed by atoms with van der Waals surface area (Å²) in [5, 5.41) is 11.9. The van der Waals surface area contributed by atoms with Crippen LogP contribution in [0.25, 0.3) is 0 Å². The van der Waals surface area contributed by atoms with E-state index in [-0.39, 0.29) is 16.1 Å². The molecule has 1 aromatic carbocycles. The van der Waals surface area contributed by atoms with Crippen LogP contribution < -0.4 is 0 Å². The van der Waals surface area contributed by atoms with Crippen LogP contribution in [-0.2, 0) is 0 Å². The summed E-state index contributed by atoms with van der Waals surface area (Å²) in [7, 11) is 0. The SMILES string of the molecule is C=C(C)CN1/C(=N\c2ccc([N+](=O)[O-])cc2C)SCC12CCCC2. The van der Waals surface area contributed by atoms with E-state index < -0.39 is 0 Å². The van der Waals surface area contributed by atoms with Crippen molar-refractivity contribution in [3.8, 4) is 0 Å². The van der Waals surface area contributed by atoms with E-state index >= 15 is 0 Å². The van der Waals surface area contributed by atoms with Gasteiger partial charge in [-0.15, -0.1) is 0 Å². The number of benzene rings is 1. The van der Waals surface area contributed by atoms with Crippen LogP contribution in [0.4, 0.5) is 11.4 Å². The van der Waals surface area contributed by atoms with E-state index in [1.165, 1.54) is 31.7 Å². The maximum absolute atomic E-state index is 10.9. The van der Waals surface area contributed by atoms with Gasteiger partial charge in [-0.1, -0.05) is 36.8 Å². The summed E-state index contributed by atoms with van der Waals surface area (Å²) in [4.78, 5) is 17.8. The van der Waals surface area contributed by atoms with Crippen molar-refractivity contribution in [3.63, 3.8) is 0 Å². The summed E-state index contributed by atoms with van der Waals surface area (Å²) < 4.78 is 0. The van der Waals surface area contributed by atoms with Crippen molar-refractivity contribution in [3.05, 3.63) is 46.0 Å². The van der Waals surface area contributed by atoms with Crippen LogP contribution in [0.3, 0.4) is 0 Å². The van der Waals surface area contributed by atoms with Gasteiger partial charge >= 0.3 is 0 Å². The number of thioether (sulfide) groups is 1. The Balaban J connectivity index is 1.93. The molecule has 1 saturated carbocycles. The van der Waals surface area contributed by atoms with Gasteiger partial charge in [0.05, 0.1) is 16.1 Å². The van der Waals surface area contributed by atoms with Crippen LogP contribution in [0.1, 0.15) is 38.2 Å². The molecule has 0 aromatic heterocycles. The van der Waals surface area contributed by atoms with Gasteiger partial charge in [0, 0.05) is 24.4 Å². The third kappa shape index (κ3) is 3.20. The smallest absolute Gasteiger partial charge is 0.269 e. The second kappa shape index (κ2) is 6.59. The number of nitrogens with zero attached hydrogens (tertiary/aromatic N) is 3. The van der Waals surface area contributed by atoms with Gasteiger partial charge in [-0.2, -0.15) is 0 Å². The molecule has 0 atom stereocenters. The van der Waals surface area contributed by atoms with E-state index in [9.17, 15) is 10.1 Å². The number of aliphatic imine (C=N–C) groups is 1. The van der Waals surface area contributed by atoms with Crippen LogP contribution in [0.5, 0.6) is 0 Å². The maximum atomic E-state index is 10.9. The van der Waals surface area contributed by atoms with Crippen molar-refractivity contribution in [1.29, 1.82) is 0 Å². The number of nitro benzene ring substituents is 1. The molecular weight excluding hydrogens is 322 g/mol. The zero-order chi connectivity index (χ0) is 17.3. The first kappa shape index (κ1) is 17.0. The Bertz CT molecular complexity index is 708. The highest BCUT2D eigenvalue weighted by Gasteiger charge is 2.46. The van der Waals surface area contributed by atoms with Gasteiger partial charge in [-0.3, -0.25) is 10.1 Å². The van der Waals surface area contributed by atoms with Gasteiger partial charge in [-0.05, 0) is 38.3 Å². The average Bonchev–Trinajstić information content (AvgIpc) is 3.11. The second-order valence-corrected chi connectivity index (χ2v) is 7.83. The Morgan fingerprint density at radius 3 is 2.75 bits per heavy atom. The van der Waals surface area contributed by atoms with Gasteiger partial charge in [0.1, 0.15) is 0 Å². The highest BCUT2D eigenvalue weighted by Crippen LogP contribution is 2.45. The molecule has 128 valence electrons. The number of non-ortho nitro benzene ring substituents is 1. The predicted octanol–water partition coefficient (Wildman–Crippen LogP) is 4.83. The first-order chi connectivity index (χ1) is 11.4. The number of hydrogen-bond donors (Lipinski definition) is 0. The Labute approximate surface area is 147 Å². The molecule has 0 N–H and O–H groups in total. The van der Waals surface area contributed by atoms with Crippen molar-refractivity contribution in [2.24, 2.45) is 4.99 Å². The first-order valence-corrected chi connectivity index (χ1v) is 9.28. The standard InChI is InChI=1S/C18H23N3O2S/c1-13(2)11-20-17(24-12-18(20)8-4-5-9-18)19-16-7-6-15(21(22)23)10-14(16)3/h6-7,10H,1,4-5,8-9,11-12H2,2-3H3/b19-17+. The maximum Gasteiger partial charge on any atom is 0.269 e. The quantitative estimate of drug-likeness (QED) is 0.445. The van der Waals surface area contributed by atoms with E-state index in [0.29, 0.717) is 0 Å². The summed E-state index contributed by atoms with van der Waals surface area (Å²) in [6, 6.07) is 4.87. The Morgan fingerprint density at radius 2 is 2.17 bits per heavy atom. The Hall–Kier alpha value is -1.82. The minimum atomic E-state index is -0.366. The molecular formula is C18H23N3O2S. The molecule has 1 aliphatic carbocycles. The van der Waals surface area contributed by atoms with Crippen LogP contribution in [-0.4, -0.2) is 32.8 Å². The lowest BCUT2D eigenvalue weighted by atomic mass is 9.98. The normalized spacial score (nSPS) is 20.9. The fourth-order valence-electron chi connectivity index (χ4n) is 3.58. The van der Waals surface area contributed by atoms with E-state index in [4.69, 9.17) is 4.99 Å². The topological polar surface area (TPSA) is 58.7 Å². The molecule has 1 saturated heterocycles. The minimum Gasteiger partial charge on any atom is -0.341 e. The average molecular weight is 345 g/mol. The fraction of sp³-hybridized carbons (Fsp3) is 0.500. The lowest BCUT2D eigenvalue weighted by Gasteiger charge is -2.36. The molecule has 5 nitrogen and oxygen atoms in total. The summed E-state index contributed by atoms with van der Waals surface area (Å²) in [5.74, 6) is 1.07. The van der Waals surface area contributed by atoms with Crippen LogP contribution in [0.2, 0.25) is 0 Å². The molecule has 24 heavy (non-hydrogen) atoms. The van der Waals surface area contributed by atoms with E-state index in [0.717, 1.165) is 34.3 Å². The van der Waals surface area contributed by atoms with Gasteiger partial charge < -0.3 is 4.90 Å². The Kier molecular flexibility index (Phi) is 4.67. The van der Waals surface area contributed by atoms with Gasteiger partial charge in [-0.25, -0.2) is 4.99 Å². The molecule has 1 spiro atoms. The largest absolute Gasteiger partial charge is 0.341 e. The first-order valence-electron chi connectivity index (χ1n) is 8.30. The lowest BCUT2D eigenvalue weighted by Crippen LogP contribution is -2.46. The minimum absolute atomic E-state index is 0.113. The van der Waals surface area contributed by atoms with Gasteiger partial charge in [0.15, 0.2) is 5.17 Å². The number of amidine groups is 1. The molecule has 3 rings (SSSR count). The molecule has 2 aliphatic rings. The number of rotatable bonds is 4. The van der Waals surface area contributed by atoms with Crippen molar-refractivity contribution in [2.75, 3.05) is 12.3 Å². The second-order valence-electron chi connectivity index (χ2n) is 6.89. The van der Waals surface area contributed by atoms with Crippen molar-refractivity contribution in [1.82, 2.24) is 4.90 Å². The highest BCUT2D eigenvalue weighted by atomic mass is 32.2. The summed E-state index contributed by atoms with van der Waals surface area (Å²) in [6.45, 7) is 8.84. The Morgan fingerprint density at radius 1 is 1.46 bits per heavy atom. The van der Waals surface area contributed by atoms with E-state index in [1.54, 1.807) is 23.9 Å².